The number of aromatic nitrogens is 4. The molecule has 2 N–H and O–H groups in total. The molecular weight excluding hydrogens is 373 g/mol. The maximum absolute atomic E-state index is 12.8. The second-order valence-electron chi connectivity index (χ2n) is 7.15. The number of benzene rings is 1. The Labute approximate surface area is 166 Å². The van der Waals surface area contributed by atoms with E-state index in [4.69, 9.17) is 5.73 Å². The smallest absolute Gasteiger partial charge is 0.327 e. The summed E-state index contributed by atoms with van der Waals surface area (Å²) in [6.07, 6.45) is 4.43. The summed E-state index contributed by atoms with van der Waals surface area (Å²) in [6, 6.07) is 7.94. The van der Waals surface area contributed by atoms with Crippen LogP contribution in [0, 0.1) is 6.92 Å². The van der Waals surface area contributed by atoms with Gasteiger partial charge in [-0.2, -0.15) is 5.10 Å². The molecule has 0 radical (unpaired) electrons. The summed E-state index contributed by atoms with van der Waals surface area (Å²) >= 11 is 0. The summed E-state index contributed by atoms with van der Waals surface area (Å²) in [6.45, 7) is 1.86. The molecule has 1 aliphatic carbocycles. The number of carbonyl (C=O) groups excluding carboxylic acids is 1. The standard InChI is InChI=1S/C21H20FN5O2/c1-13-4-18(15-2-3-16-6-19(28)7-17(16)5-15)10-24-20(13)26-12-25-27(21(26)29)11-14(8-22)9-23/h2-5,8,10,12H,6-7,9,11,23H2,1H3/b14-8+. The number of aryl methyl sites for hydroxylation is 1. The molecule has 4 rings (SSSR count). The molecule has 148 valence electrons. The molecule has 0 atom stereocenters. The monoisotopic (exact) mass is 393 g/mol. The summed E-state index contributed by atoms with van der Waals surface area (Å²) in [5.74, 6) is 0.693. The maximum atomic E-state index is 12.8. The normalized spacial score (nSPS) is 13.8. The fraction of sp³-hybridized carbons (Fsp3) is 0.238. The molecule has 2 heterocycles. The Bertz CT molecular complexity index is 1190. The van der Waals surface area contributed by atoms with Gasteiger partial charge in [-0.1, -0.05) is 18.2 Å². The lowest BCUT2D eigenvalue weighted by Gasteiger charge is -2.09. The van der Waals surface area contributed by atoms with Crippen molar-refractivity contribution in [2.75, 3.05) is 6.54 Å². The van der Waals surface area contributed by atoms with Crippen LogP contribution in [0.3, 0.4) is 0 Å². The lowest BCUT2D eigenvalue weighted by molar-refractivity contribution is -0.117. The Hall–Kier alpha value is -3.39. The second kappa shape index (κ2) is 7.56. The molecular formula is C21H20FN5O2. The minimum absolute atomic E-state index is 0.00809. The molecule has 1 aromatic carbocycles. The minimum atomic E-state index is -0.419. The molecule has 1 aliphatic rings. The van der Waals surface area contributed by atoms with Gasteiger partial charge in [0.25, 0.3) is 0 Å². The van der Waals surface area contributed by atoms with E-state index >= 15 is 0 Å². The van der Waals surface area contributed by atoms with Crippen molar-refractivity contribution < 1.29 is 9.18 Å². The molecule has 0 amide bonds. The summed E-state index contributed by atoms with van der Waals surface area (Å²) in [5.41, 5.74) is 10.1. The minimum Gasteiger partial charge on any atom is -0.327 e. The zero-order valence-electron chi connectivity index (χ0n) is 15.9. The summed E-state index contributed by atoms with van der Waals surface area (Å²) in [4.78, 5) is 28.7. The molecule has 7 nitrogen and oxygen atoms in total. The van der Waals surface area contributed by atoms with Crippen LogP contribution in [0.5, 0.6) is 0 Å². The molecule has 0 spiro atoms. The van der Waals surface area contributed by atoms with E-state index in [1.165, 1.54) is 10.9 Å². The third-order valence-corrected chi connectivity index (χ3v) is 5.10. The van der Waals surface area contributed by atoms with E-state index in [0.29, 0.717) is 25.0 Å². The van der Waals surface area contributed by atoms with E-state index in [2.05, 4.69) is 10.1 Å². The number of nitrogens with two attached hydrogens (primary N) is 1. The van der Waals surface area contributed by atoms with Gasteiger partial charge >= 0.3 is 5.69 Å². The van der Waals surface area contributed by atoms with Crippen molar-refractivity contribution in [3.63, 3.8) is 0 Å². The number of carbonyl (C=O) groups is 1. The van der Waals surface area contributed by atoms with Gasteiger partial charge < -0.3 is 5.73 Å². The van der Waals surface area contributed by atoms with Crippen LogP contribution in [0.4, 0.5) is 4.39 Å². The van der Waals surface area contributed by atoms with Gasteiger partial charge in [-0.3, -0.25) is 4.79 Å². The first-order valence-electron chi connectivity index (χ1n) is 9.23. The molecule has 0 saturated carbocycles. The predicted molar refractivity (Wildman–Crippen MR) is 106 cm³/mol. The van der Waals surface area contributed by atoms with Crippen LogP contribution in [0.1, 0.15) is 16.7 Å². The van der Waals surface area contributed by atoms with Crippen LogP contribution >= 0.6 is 0 Å². The van der Waals surface area contributed by atoms with Gasteiger partial charge in [0.05, 0.1) is 12.9 Å². The number of hydrogen-bond donors (Lipinski definition) is 1. The van der Waals surface area contributed by atoms with Crippen molar-refractivity contribution in [3.8, 4) is 16.9 Å². The van der Waals surface area contributed by atoms with E-state index in [0.717, 1.165) is 32.5 Å². The number of ketones is 1. The van der Waals surface area contributed by atoms with E-state index < -0.39 is 5.69 Å². The van der Waals surface area contributed by atoms with Gasteiger partial charge in [-0.25, -0.2) is 23.4 Å². The molecule has 0 bridgehead atoms. The van der Waals surface area contributed by atoms with E-state index in [-0.39, 0.29) is 24.4 Å². The Kier molecular flexibility index (Phi) is 4.94. The topological polar surface area (TPSA) is 95.8 Å². The van der Waals surface area contributed by atoms with Crippen LogP contribution in [0.25, 0.3) is 16.9 Å². The molecule has 0 aliphatic heterocycles. The molecule has 0 fully saturated rings. The number of rotatable bonds is 5. The largest absolute Gasteiger partial charge is 0.351 e. The Morgan fingerprint density at radius 3 is 2.72 bits per heavy atom. The predicted octanol–water partition coefficient (Wildman–Crippen LogP) is 1.88. The molecule has 2 aromatic heterocycles. The van der Waals surface area contributed by atoms with Crippen molar-refractivity contribution in [2.24, 2.45) is 5.73 Å². The number of pyridine rings is 1. The van der Waals surface area contributed by atoms with E-state index in [9.17, 15) is 14.0 Å². The van der Waals surface area contributed by atoms with Crippen LogP contribution in [0.2, 0.25) is 0 Å². The van der Waals surface area contributed by atoms with Gasteiger partial charge in [-0.15, -0.1) is 0 Å². The number of fused-ring (bicyclic) bond motifs is 1. The average Bonchev–Trinajstić information content (AvgIpc) is 3.27. The highest BCUT2D eigenvalue weighted by molar-refractivity contribution is 5.88. The SMILES string of the molecule is Cc1cc(-c2ccc3c(c2)CC(=O)C3)cnc1-n1cnn(C/C(=C/F)CN)c1=O. The summed E-state index contributed by atoms with van der Waals surface area (Å²) < 4.78 is 15.2. The van der Waals surface area contributed by atoms with Crippen molar-refractivity contribution in [1.29, 1.82) is 0 Å². The van der Waals surface area contributed by atoms with Gasteiger partial charge in [0, 0.05) is 31.1 Å². The molecule has 8 heteroatoms. The highest BCUT2D eigenvalue weighted by atomic mass is 19.1. The van der Waals surface area contributed by atoms with Crippen LogP contribution in [-0.2, 0) is 24.2 Å². The average molecular weight is 393 g/mol. The highest BCUT2D eigenvalue weighted by Gasteiger charge is 2.19. The highest BCUT2D eigenvalue weighted by Crippen LogP contribution is 2.27. The van der Waals surface area contributed by atoms with Gasteiger partial charge in [0.15, 0.2) is 0 Å². The molecule has 0 unspecified atom stereocenters. The number of hydrogen-bond acceptors (Lipinski definition) is 5. The Balaban J connectivity index is 1.65. The third kappa shape index (κ3) is 3.54. The number of halogens is 1. The first kappa shape index (κ1) is 18.9. The Morgan fingerprint density at radius 2 is 2.00 bits per heavy atom. The van der Waals surface area contributed by atoms with Gasteiger partial charge in [0.1, 0.15) is 17.9 Å². The first-order chi connectivity index (χ1) is 14.0. The molecule has 29 heavy (non-hydrogen) atoms. The van der Waals surface area contributed by atoms with Gasteiger partial charge in [0.2, 0.25) is 0 Å². The van der Waals surface area contributed by atoms with E-state index in [1.54, 1.807) is 6.20 Å². The van der Waals surface area contributed by atoms with Crippen molar-refractivity contribution in [2.45, 2.75) is 26.3 Å². The lowest BCUT2D eigenvalue weighted by Crippen LogP contribution is -2.26. The maximum Gasteiger partial charge on any atom is 0.351 e. The summed E-state index contributed by atoms with van der Waals surface area (Å²) in [7, 11) is 0. The van der Waals surface area contributed by atoms with Crippen molar-refractivity contribution >= 4 is 5.78 Å². The van der Waals surface area contributed by atoms with Crippen LogP contribution in [-0.4, -0.2) is 31.7 Å². The number of nitrogens with zero attached hydrogens (tertiary/aromatic N) is 4. The first-order valence-corrected chi connectivity index (χ1v) is 9.23. The second-order valence-corrected chi connectivity index (χ2v) is 7.15. The van der Waals surface area contributed by atoms with Crippen molar-refractivity contribution in [3.05, 3.63) is 75.9 Å². The van der Waals surface area contributed by atoms with Gasteiger partial charge in [-0.05, 0) is 40.8 Å². The zero-order valence-corrected chi connectivity index (χ0v) is 15.9. The van der Waals surface area contributed by atoms with E-state index in [1.807, 2.05) is 31.2 Å². The number of Topliss-reactive ketones (excluding diaryl/α,β-unsaturated/α-hetero) is 1. The fourth-order valence-electron chi connectivity index (χ4n) is 3.53. The molecule has 0 saturated heterocycles. The Morgan fingerprint density at radius 1 is 1.21 bits per heavy atom. The van der Waals surface area contributed by atoms with Crippen molar-refractivity contribution in [1.82, 2.24) is 19.3 Å². The lowest BCUT2D eigenvalue weighted by atomic mass is 10.0. The van der Waals surface area contributed by atoms with Crippen LogP contribution in [0.15, 0.2) is 53.5 Å². The zero-order chi connectivity index (χ0) is 20.5. The fourth-order valence-corrected chi connectivity index (χ4v) is 3.53. The third-order valence-electron chi connectivity index (χ3n) is 5.10. The quantitative estimate of drug-likeness (QED) is 0.714. The molecule has 3 aromatic rings. The summed E-state index contributed by atoms with van der Waals surface area (Å²) in [5, 5.41) is 4.03. The van der Waals surface area contributed by atoms with Crippen LogP contribution < -0.4 is 11.4 Å².